The lowest BCUT2D eigenvalue weighted by Crippen LogP contribution is -2.23. The van der Waals surface area contributed by atoms with Gasteiger partial charge < -0.3 is 20.5 Å². The smallest absolute Gasteiger partial charge is 0.197 e. The first-order valence-electron chi connectivity index (χ1n) is 7.18. The molecule has 0 amide bonds. The molecule has 0 bridgehead atoms. The van der Waals surface area contributed by atoms with Crippen molar-refractivity contribution in [3.8, 4) is 0 Å². The summed E-state index contributed by atoms with van der Waals surface area (Å²) in [6.07, 6.45) is -0.843. The number of para-hydroxylation sites is 1. The van der Waals surface area contributed by atoms with Crippen molar-refractivity contribution in [3.63, 3.8) is 0 Å². The Morgan fingerprint density at radius 1 is 1.23 bits per heavy atom. The Kier molecular flexibility index (Phi) is 3.83. The van der Waals surface area contributed by atoms with Gasteiger partial charge in [0.2, 0.25) is 0 Å². The SMILES string of the molecule is Cc1ccc2[nH]c3c(NCC(O)CO)cccc3c(=O)c2c1. The zero-order valence-electron chi connectivity index (χ0n) is 12.3. The lowest BCUT2D eigenvalue weighted by molar-refractivity contribution is 0.105. The molecule has 1 atom stereocenters. The number of hydrogen-bond acceptors (Lipinski definition) is 4. The molecule has 0 spiro atoms. The molecule has 5 heteroatoms. The van der Waals surface area contributed by atoms with Gasteiger partial charge in [-0.3, -0.25) is 4.79 Å². The number of aliphatic hydroxyl groups excluding tert-OH is 2. The van der Waals surface area contributed by atoms with Gasteiger partial charge in [-0.2, -0.15) is 0 Å². The maximum absolute atomic E-state index is 12.6. The number of H-pyrrole nitrogens is 1. The highest BCUT2D eigenvalue weighted by Gasteiger charge is 2.09. The predicted octanol–water partition coefficient (Wildman–Crippen LogP) is 1.75. The van der Waals surface area contributed by atoms with Crippen LogP contribution in [0.5, 0.6) is 0 Å². The summed E-state index contributed by atoms with van der Waals surface area (Å²) in [4.78, 5) is 15.9. The number of benzene rings is 2. The fraction of sp³-hybridized carbons (Fsp3) is 0.235. The maximum atomic E-state index is 12.6. The number of aliphatic hydroxyl groups is 2. The Balaban J connectivity index is 2.18. The number of aryl methyl sites for hydroxylation is 1. The summed E-state index contributed by atoms with van der Waals surface area (Å²) in [7, 11) is 0. The molecule has 5 nitrogen and oxygen atoms in total. The number of aromatic nitrogens is 1. The van der Waals surface area contributed by atoms with Gasteiger partial charge in [0.15, 0.2) is 5.43 Å². The van der Waals surface area contributed by atoms with E-state index in [2.05, 4.69) is 10.3 Å². The summed E-state index contributed by atoms with van der Waals surface area (Å²) in [6, 6.07) is 11.1. The minimum absolute atomic E-state index is 0.0150. The topological polar surface area (TPSA) is 85.3 Å². The Morgan fingerprint density at radius 2 is 2.05 bits per heavy atom. The number of nitrogens with one attached hydrogen (secondary N) is 2. The number of hydrogen-bond donors (Lipinski definition) is 4. The number of anilines is 1. The Hall–Kier alpha value is -2.37. The summed E-state index contributed by atoms with van der Waals surface area (Å²) >= 11 is 0. The lowest BCUT2D eigenvalue weighted by Gasteiger charge is -2.13. The van der Waals surface area contributed by atoms with Gasteiger partial charge in [-0.15, -0.1) is 0 Å². The van der Waals surface area contributed by atoms with Crippen molar-refractivity contribution in [2.45, 2.75) is 13.0 Å². The van der Waals surface area contributed by atoms with Gasteiger partial charge in [0, 0.05) is 22.8 Å². The van der Waals surface area contributed by atoms with Crippen LogP contribution in [-0.4, -0.2) is 34.5 Å². The van der Waals surface area contributed by atoms with Gasteiger partial charge in [0.05, 0.1) is 23.9 Å². The van der Waals surface area contributed by atoms with Crippen molar-refractivity contribution in [1.82, 2.24) is 4.98 Å². The van der Waals surface area contributed by atoms with E-state index >= 15 is 0 Å². The molecule has 3 aromatic rings. The molecule has 0 fully saturated rings. The lowest BCUT2D eigenvalue weighted by atomic mass is 10.1. The highest BCUT2D eigenvalue weighted by atomic mass is 16.3. The summed E-state index contributed by atoms with van der Waals surface area (Å²) in [5, 5.41) is 22.7. The minimum Gasteiger partial charge on any atom is -0.394 e. The van der Waals surface area contributed by atoms with Crippen molar-refractivity contribution in [2.75, 3.05) is 18.5 Å². The predicted molar refractivity (Wildman–Crippen MR) is 88.4 cm³/mol. The second kappa shape index (κ2) is 5.79. The van der Waals surface area contributed by atoms with E-state index in [-0.39, 0.29) is 18.6 Å². The first kappa shape index (κ1) is 14.6. The van der Waals surface area contributed by atoms with Gasteiger partial charge >= 0.3 is 0 Å². The molecule has 2 aromatic carbocycles. The average Bonchev–Trinajstić information content (AvgIpc) is 2.53. The molecule has 1 unspecified atom stereocenters. The van der Waals surface area contributed by atoms with Crippen molar-refractivity contribution in [2.24, 2.45) is 0 Å². The first-order chi connectivity index (χ1) is 10.6. The first-order valence-corrected chi connectivity index (χ1v) is 7.18. The monoisotopic (exact) mass is 298 g/mol. The third kappa shape index (κ3) is 2.56. The average molecular weight is 298 g/mol. The van der Waals surface area contributed by atoms with Crippen molar-refractivity contribution < 1.29 is 10.2 Å². The number of fused-ring (bicyclic) bond motifs is 2. The third-order valence-electron chi connectivity index (χ3n) is 3.73. The van der Waals surface area contributed by atoms with E-state index in [9.17, 15) is 9.90 Å². The fourth-order valence-corrected chi connectivity index (χ4v) is 2.55. The van der Waals surface area contributed by atoms with E-state index in [1.165, 1.54) is 0 Å². The van der Waals surface area contributed by atoms with E-state index in [1.807, 2.05) is 31.2 Å². The molecule has 3 rings (SSSR count). The van der Waals surface area contributed by atoms with Gasteiger partial charge in [-0.1, -0.05) is 17.7 Å². The van der Waals surface area contributed by atoms with E-state index in [0.29, 0.717) is 16.3 Å². The summed E-state index contributed by atoms with van der Waals surface area (Å²) in [5.74, 6) is 0. The molecule has 0 aliphatic rings. The molecule has 0 saturated heterocycles. The number of rotatable bonds is 4. The standard InChI is InChI=1S/C17H18N2O3/c1-10-5-6-14-13(7-10)17(22)12-3-2-4-15(16(12)19-14)18-8-11(21)9-20/h2-7,11,18,20-21H,8-9H2,1H3,(H,19,22). The van der Waals surface area contributed by atoms with Crippen LogP contribution < -0.4 is 10.7 Å². The maximum Gasteiger partial charge on any atom is 0.197 e. The summed E-state index contributed by atoms with van der Waals surface area (Å²) < 4.78 is 0. The van der Waals surface area contributed by atoms with E-state index in [4.69, 9.17) is 5.11 Å². The molecule has 0 saturated carbocycles. The van der Waals surface area contributed by atoms with E-state index in [0.717, 1.165) is 16.8 Å². The highest BCUT2D eigenvalue weighted by molar-refractivity contribution is 5.98. The van der Waals surface area contributed by atoms with Crippen LogP contribution in [0.4, 0.5) is 5.69 Å². The minimum atomic E-state index is -0.843. The third-order valence-corrected chi connectivity index (χ3v) is 3.73. The largest absolute Gasteiger partial charge is 0.394 e. The highest BCUT2D eigenvalue weighted by Crippen LogP contribution is 2.22. The van der Waals surface area contributed by atoms with Gasteiger partial charge in [-0.25, -0.2) is 0 Å². The molecule has 1 heterocycles. The van der Waals surface area contributed by atoms with Crippen LogP contribution >= 0.6 is 0 Å². The molecule has 0 aliphatic carbocycles. The van der Waals surface area contributed by atoms with E-state index in [1.54, 1.807) is 12.1 Å². The zero-order valence-corrected chi connectivity index (χ0v) is 12.3. The van der Waals surface area contributed by atoms with E-state index < -0.39 is 6.10 Å². The number of pyridine rings is 1. The molecule has 0 radical (unpaired) electrons. The van der Waals surface area contributed by atoms with Gasteiger partial charge in [0.1, 0.15) is 0 Å². The van der Waals surface area contributed by atoms with Crippen LogP contribution in [0.2, 0.25) is 0 Å². The Labute approximate surface area is 127 Å². The van der Waals surface area contributed by atoms with Crippen LogP contribution in [0.25, 0.3) is 21.8 Å². The van der Waals surface area contributed by atoms with Crippen LogP contribution in [0, 0.1) is 6.92 Å². The van der Waals surface area contributed by atoms with Crippen LogP contribution in [0.3, 0.4) is 0 Å². The van der Waals surface area contributed by atoms with Gasteiger partial charge in [-0.05, 0) is 31.2 Å². The Bertz CT molecular complexity index is 886. The van der Waals surface area contributed by atoms with Crippen molar-refractivity contribution >= 4 is 27.5 Å². The molecule has 114 valence electrons. The van der Waals surface area contributed by atoms with Crippen LogP contribution in [-0.2, 0) is 0 Å². The summed E-state index contributed by atoms with van der Waals surface area (Å²) in [5.41, 5.74) is 3.23. The second-order valence-electron chi connectivity index (χ2n) is 5.45. The van der Waals surface area contributed by atoms with Crippen LogP contribution in [0.15, 0.2) is 41.2 Å². The quantitative estimate of drug-likeness (QED) is 0.553. The molecule has 4 N–H and O–H groups in total. The molecular formula is C17H18N2O3. The molecule has 0 aliphatic heterocycles. The number of aromatic amines is 1. The van der Waals surface area contributed by atoms with Crippen molar-refractivity contribution in [3.05, 3.63) is 52.2 Å². The molecule has 22 heavy (non-hydrogen) atoms. The second-order valence-corrected chi connectivity index (χ2v) is 5.45. The fourth-order valence-electron chi connectivity index (χ4n) is 2.55. The van der Waals surface area contributed by atoms with Gasteiger partial charge in [0.25, 0.3) is 0 Å². The normalized spacial score (nSPS) is 12.7. The Morgan fingerprint density at radius 3 is 2.82 bits per heavy atom. The zero-order chi connectivity index (χ0) is 15.7. The van der Waals surface area contributed by atoms with Crippen molar-refractivity contribution in [1.29, 1.82) is 0 Å². The molecule has 1 aromatic heterocycles. The van der Waals surface area contributed by atoms with Crippen LogP contribution in [0.1, 0.15) is 5.56 Å². The molecular weight excluding hydrogens is 280 g/mol. The summed E-state index contributed by atoms with van der Waals surface area (Å²) in [6.45, 7) is 1.86.